The standard InChI is InChI=1S/C10H15NO6/c1-16-8(14)10(7(12)13)3-5-11(6-4-10)9(15)17-2/h3-6H2,1-2H3,(H,12,13). The molecule has 1 fully saturated rings. The minimum atomic E-state index is -1.54. The maximum Gasteiger partial charge on any atom is 0.409 e. The van der Waals surface area contributed by atoms with Gasteiger partial charge in [-0.25, -0.2) is 4.79 Å². The summed E-state index contributed by atoms with van der Waals surface area (Å²) in [4.78, 5) is 35.3. The van der Waals surface area contributed by atoms with Crippen LogP contribution in [0.4, 0.5) is 4.79 Å². The van der Waals surface area contributed by atoms with Crippen molar-refractivity contribution in [2.45, 2.75) is 12.8 Å². The van der Waals surface area contributed by atoms with Crippen LogP contribution in [0.1, 0.15) is 12.8 Å². The van der Waals surface area contributed by atoms with Crippen molar-refractivity contribution in [2.75, 3.05) is 27.3 Å². The lowest BCUT2D eigenvalue weighted by Gasteiger charge is -2.35. The highest BCUT2D eigenvalue weighted by molar-refractivity contribution is 5.99. The average Bonchev–Trinajstić information content (AvgIpc) is 2.36. The van der Waals surface area contributed by atoms with Crippen LogP contribution in [0.25, 0.3) is 0 Å². The number of hydrogen-bond donors (Lipinski definition) is 1. The first-order valence-corrected chi connectivity index (χ1v) is 5.12. The van der Waals surface area contributed by atoms with E-state index in [-0.39, 0.29) is 25.9 Å². The number of likely N-dealkylation sites (tertiary alicyclic amines) is 1. The molecule has 0 spiro atoms. The molecule has 0 atom stereocenters. The zero-order valence-electron chi connectivity index (χ0n) is 9.76. The van der Waals surface area contributed by atoms with Gasteiger partial charge in [-0.3, -0.25) is 9.59 Å². The number of hydrogen-bond acceptors (Lipinski definition) is 5. The number of methoxy groups -OCH3 is 2. The molecule has 7 heteroatoms. The summed E-state index contributed by atoms with van der Waals surface area (Å²) in [5, 5.41) is 9.14. The quantitative estimate of drug-likeness (QED) is 0.547. The molecule has 17 heavy (non-hydrogen) atoms. The van der Waals surface area contributed by atoms with E-state index in [1.807, 2.05) is 0 Å². The van der Waals surface area contributed by atoms with Gasteiger partial charge < -0.3 is 19.5 Å². The zero-order chi connectivity index (χ0) is 13.1. The Morgan fingerprint density at radius 3 is 2.00 bits per heavy atom. The van der Waals surface area contributed by atoms with Gasteiger partial charge in [0.1, 0.15) is 0 Å². The number of rotatable bonds is 2. The molecule has 1 aliphatic rings. The number of esters is 1. The monoisotopic (exact) mass is 245 g/mol. The fraction of sp³-hybridized carbons (Fsp3) is 0.700. The van der Waals surface area contributed by atoms with Crippen molar-refractivity contribution in [1.82, 2.24) is 4.90 Å². The molecule has 0 aromatic heterocycles. The van der Waals surface area contributed by atoms with E-state index in [1.165, 1.54) is 12.0 Å². The van der Waals surface area contributed by atoms with E-state index < -0.39 is 23.4 Å². The summed E-state index contributed by atoms with van der Waals surface area (Å²) in [5.41, 5.74) is -1.54. The Labute approximate surface area is 98.3 Å². The van der Waals surface area contributed by atoms with Gasteiger partial charge in [0, 0.05) is 13.1 Å². The topological polar surface area (TPSA) is 93.1 Å². The van der Waals surface area contributed by atoms with Crippen LogP contribution in [0.2, 0.25) is 0 Å². The second-order valence-corrected chi connectivity index (χ2v) is 3.84. The molecule has 0 aromatic rings. The molecule has 7 nitrogen and oxygen atoms in total. The van der Waals surface area contributed by atoms with Crippen molar-refractivity contribution < 1.29 is 29.0 Å². The van der Waals surface area contributed by atoms with Crippen LogP contribution < -0.4 is 0 Å². The molecular weight excluding hydrogens is 230 g/mol. The minimum Gasteiger partial charge on any atom is -0.480 e. The summed E-state index contributed by atoms with van der Waals surface area (Å²) in [5.74, 6) is -1.98. The van der Waals surface area contributed by atoms with Crippen LogP contribution in [0.15, 0.2) is 0 Å². The van der Waals surface area contributed by atoms with Crippen molar-refractivity contribution in [3.8, 4) is 0 Å². The Morgan fingerprint density at radius 2 is 1.65 bits per heavy atom. The lowest BCUT2D eigenvalue weighted by atomic mass is 9.78. The second-order valence-electron chi connectivity index (χ2n) is 3.84. The molecule has 0 radical (unpaired) electrons. The van der Waals surface area contributed by atoms with Crippen molar-refractivity contribution in [1.29, 1.82) is 0 Å². The smallest absolute Gasteiger partial charge is 0.409 e. The Morgan fingerprint density at radius 1 is 1.12 bits per heavy atom. The predicted octanol–water partition coefficient (Wildman–Crippen LogP) is 0.0926. The highest BCUT2D eigenvalue weighted by Crippen LogP contribution is 2.33. The Kier molecular flexibility index (Phi) is 3.93. The van der Waals surface area contributed by atoms with Crippen molar-refractivity contribution >= 4 is 18.0 Å². The fourth-order valence-corrected chi connectivity index (χ4v) is 1.90. The Balaban J connectivity index is 2.78. The van der Waals surface area contributed by atoms with Crippen LogP contribution in [0.5, 0.6) is 0 Å². The fourth-order valence-electron chi connectivity index (χ4n) is 1.90. The Hall–Kier alpha value is -1.79. The summed E-state index contributed by atoms with van der Waals surface area (Å²) in [6.07, 6.45) is -0.456. The SMILES string of the molecule is COC(=O)N1CCC(C(=O)O)(C(=O)OC)CC1. The number of carbonyl (C=O) groups excluding carboxylic acids is 2. The maximum absolute atomic E-state index is 11.5. The zero-order valence-corrected chi connectivity index (χ0v) is 9.76. The van der Waals surface area contributed by atoms with Crippen molar-refractivity contribution in [3.63, 3.8) is 0 Å². The van der Waals surface area contributed by atoms with Gasteiger partial charge in [0.2, 0.25) is 0 Å². The highest BCUT2D eigenvalue weighted by atomic mass is 16.5. The molecule has 0 saturated carbocycles. The van der Waals surface area contributed by atoms with Gasteiger partial charge in [-0.05, 0) is 12.8 Å². The van der Waals surface area contributed by atoms with Crippen LogP contribution in [0, 0.1) is 5.41 Å². The number of aliphatic carboxylic acids is 1. The van der Waals surface area contributed by atoms with Gasteiger partial charge in [-0.15, -0.1) is 0 Å². The van der Waals surface area contributed by atoms with E-state index in [4.69, 9.17) is 5.11 Å². The third-order valence-electron chi connectivity index (χ3n) is 3.04. The number of carboxylic acids is 1. The molecular formula is C10H15NO6. The third-order valence-corrected chi connectivity index (χ3v) is 3.04. The normalized spacial score (nSPS) is 18.4. The van der Waals surface area contributed by atoms with Crippen molar-refractivity contribution in [2.24, 2.45) is 5.41 Å². The van der Waals surface area contributed by atoms with Gasteiger partial charge >= 0.3 is 18.0 Å². The van der Waals surface area contributed by atoms with E-state index in [1.54, 1.807) is 0 Å². The van der Waals surface area contributed by atoms with E-state index in [0.29, 0.717) is 0 Å². The Bertz CT molecular complexity index is 332. The van der Waals surface area contributed by atoms with Crippen LogP contribution in [-0.4, -0.2) is 55.3 Å². The average molecular weight is 245 g/mol. The van der Waals surface area contributed by atoms with Crippen LogP contribution >= 0.6 is 0 Å². The number of amides is 1. The van der Waals surface area contributed by atoms with Gasteiger partial charge in [-0.2, -0.15) is 0 Å². The highest BCUT2D eigenvalue weighted by Gasteiger charge is 2.50. The lowest BCUT2D eigenvalue weighted by Crippen LogP contribution is -2.50. The van der Waals surface area contributed by atoms with Crippen LogP contribution in [0.3, 0.4) is 0 Å². The lowest BCUT2D eigenvalue weighted by molar-refractivity contribution is -0.170. The van der Waals surface area contributed by atoms with E-state index in [2.05, 4.69) is 9.47 Å². The summed E-state index contributed by atoms with van der Waals surface area (Å²) in [7, 11) is 2.40. The van der Waals surface area contributed by atoms with Gasteiger partial charge in [0.05, 0.1) is 14.2 Å². The summed E-state index contributed by atoms with van der Waals surface area (Å²) < 4.78 is 9.05. The molecule has 1 N–H and O–H groups in total. The number of nitrogens with zero attached hydrogens (tertiary/aromatic N) is 1. The first-order chi connectivity index (χ1) is 7.97. The molecule has 0 aromatic carbocycles. The first kappa shape index (κ1) is 13.3. The largest absolute Gasteiger partial charge is 0.480 e. The van der Waals surface area contributed by atoms with E-state index >= 15 is 0 Å². The number of ether oxygens (including phenoxy) is 2. The number of piperidine rings is 1. The van der Waals surface area contributed by atoms with E-state index in [0.717, 1.165) is 7.11 Å². The predicted molar refractivity (Wildman–Crippen MR) is 55.3 cm³/mol. The molecule has 1 saturated heterocycles. The van der Waals surface area contributed by atoms with Gasteiger partial charge in [-0.1, -0.05) is 0 Å². The summed E-state index contributed by atoms with van der Waals surface area (Å²) >= 11 is 0. The third kappa shape index (κ3) is 2.32. The maximum atomic E-state index is 11.5. The molecule has 1 rings (SSSR count). The van der Waals surface area contributed by atoms with Gasteiger partial charge in [0.15, 0.2) is 5.41 Å². The molecule has 1 amide bonds. The van der Waals surface area contributed by atoms with Crippen LogP contribution in [-0.2, 0) is 19.1 Å². The van der Waals surface area contributed by atoms with E-state index in [9.17, 15) is 14.4 Å². The first-order valence-electron chi connectivity index (χ1n) is 5.12. The molecule has 1 heterocycles. The molecule has 0 unspecified atom stereocenters. The second kappa shape index (κ2) is 5.03. The van der Waals surface area contributed by atoms with Crippen molar-refractivity contribution in [3.05, 3.63) is 0 Å². The molecule has 0 aliphatic carbocycles. The number of carbonyl (C=O) groups is 3. The van der Waals surface area contributed by atoms with Gasteiger partial charge in [0.25, 0.3) is 0 Å². The minimum absolute atomic E-state index is 0.0319. The molecule has 0 bridgehead atoms. The summed E-state index contributed by atoms with van der Waals surface area (Å²) in [6.45, 7) is 0.322. The molecule has 96 valence electrons. The summed E-state index contributed by atoms with van der Waals surface area (Å²) in [6, 6.07) is 0. The number of carboxylic acid groups (broad SMARTS) is 1. The molecule has 1 aliphatic heterocycles.